The molecule has 28 heavy (non-hydrogen) atoms. The van der Waals surface area contributed by atoms with Crippen LogP contribution in [0.25, 0.3) is 0 Å². The zero-order chi connectivity index (χ0) is 21.3. The zero-order valence-corrected chi connectivity index (χ0v) is 16.5. The molecule has 2 aliphatic heterocycles. The summed E-state index contributed by atoms with van der Waals surface area (Å²) in [5.41, 5.74) is 0. The van der Waals surface area contributed by atoms with Crippen LogP contribution >= 0.6 is 15.4 Å². The van der Waals surface area contributed by atoms with Gasteiger partial charge in [-0.25, -0.2) is 4.57 Å². The molecule has 154 valence electrons. The predicted octanol–water partition coefficient (Wildman–Crippen LogP) is -2.70. The van der Waals surface area contributed by atoms with Gasteiger partial charge in [-0.15, -0.1) is 0 Å². The summed E-state index contributed by atoms with van der Waals surface area (Å²) in [6.07, 6.45) is -8.06. The first-order valence-corrected chi connectivity index (χ1v) is 11.5. The van der Waals surface area contributed by atoms with Crippen LogP contribution in [-0.4, -0.2) is 112 Å². The first kappa shape index (κ1) is 24.5. The van der Waals surface area contributed by atoms with E-state index in [9.17, 15) is 29.1 Å². The van der Waals surface area contributed by atoms with Crippen LogP contribution in [0.5, 0.6) is 0 Å². The third-order valence-corrected chi connectivity index (χ3v) is 5.60. The second kappa shape index (κ2) is 9.59. The van der Waals surface area contributed by atoms with Crippen molar-refractivity contribution in [1.29, 1.82) is 0 Å². The van der Waals surface area contributed by atoms with Crippen molar-refractivity contribution in [2.75, 3.05) is 19.9 Å². The second-order valence-electron chi connectivity index (χ2n) is 6.30. The lowest BCUT2D eigenvalue weighted by molar-refractivity contribution is -0.0269. The van der Waals surface area contributed by atoms with Gasteiger partial charge in [-0.1, -0.05) is 0 Å². The van der Waals surface area contributed by atoms with E-state index in [-0.39, 0.29) is 6.61 Å². The van der Waals surface area contributed by atoms with Crippen LogP contribution in [0, 0.1) is 0 Å². The molecule has 4 unspecified atom stereocenters. The summed E-state index contributed by atoms with van der Waals surface area (Å²) in [7, 11) is 7.07. The summed E-state index contributed by atoms with van der Waals surface area (Å²) in [6, 6.07) is -2.49. The molecule has 2 heterocycles. The minimum atomic E-state index is -4.82. The lowest BCUT2D eigenvalue weighted by Crippen LogP contribution is -2.38. The Bertz CT molecular complexity index is 622. The maximum absolute atomic E-state index is 12.2. The standard InChI is InChI=1S/C11H19B3O12P2/c1-27(17,18)25-8-5(24-10(12)6(8)15)3-22-28(19,20)26-9-4(2-21-14)23-11(13)7(9)16/h4-11,15-16H,2-3H2,1H3,(H,17,18)(H,19,20)/t4-,5-,6+,7+,8?,9?,10-,11-/m1/s1. The van der Waals surface area contributed by atoms with Crippen LogP contribution in [0.3, 0.4) is 0 Å². The van der Waals surface area contributed by atoms with Crippen LogP contribution in [0.2, 0.25) is 0 Å². The number of aliphatic hydroxyl groups is 2. The van der Waals surface area contributed by atoms with Gasteiger partial charge in [-0.3, -0.25) is 18.1 Å². The zero-order valence-electron chi connectivity index (χ0n) is 14.7. The van der Waals surface area contributed by atoms with Crippen LogP contribution < -0.4 is 0 Å². The van der Waals surface area contributed by atoms with Gasteiger partial charge in [-0.05, 0) is 0 Å². The third kappa shape index (κ3) is 6.37. The minimum Gasteiger partial charge on any atom is -0.445 e. The Morgan fingerprint density at radius 2 is 1.39 bits per heavy atom. The Morgan fingerprint density at radius 3 is 1.86 bits per heavy atom. The van der Waals surface area contributed by atoms with E-state index in [0.29, 0.717) is 0 Å². The molecular weight excluding hydrogens is 418 g/mol. The van der Waals surface area contributed by atoms with Crippen molar-refractivity contribution >= 4 is 39.2 Å². The van der Waals surface area contributed by atoms with Gasteiger partial charge in [0.05, 0.1) is 13.2 Å². The van der Waals surface area contributed by atoms with E-state index in [2.05, 4.69) is 4.65 Å². The normalized spacial score (nSPS) is 42.9. The van der Waals surface area contributed by atoms with Gasteiger partial charge >= 0.3 is 15.4 Å². The molecule has 0 aliphatic carbocycles. The van der Waals surface area contributed by atoms with Gasteiger partial charge in [0, 0.05) is 18.7 Å². The molecule has 0 aromatic carbocycles. The molecule has 2 fully saturated rings. The van der Waals surface area contributed by atoms with Crippen LogP contribution in [0.4, 0.5) is 0 Å². The molecular formula is C11H19B3O12P2. The first-order valence-electron chi connectivity index (χ1n) is 7.99. The molecule has 0 saturated carbocycles. The van der Waals surface area contributed by atoms with Crippen molar-refractivity contribution in [2.45, 2.75) is 48.6 Å². The monoisotopic (exact) mass is 438 g/mol. The highest BCUT2D eigenvalue weighted by Crippen LogP contribution is 2.48. The third-order valence-electron chi connectivity index (χ3n) is 3.98. The predicted molar refractivity (Wildman–Crippen MR) is 93.8 cm³/mol. The topological polar surface area (TPSA) is 170 Å². The Balaban J connectivity index is 1.99. The summed E-state index contributed by atoms with van der Waals surface area (Å²) in [5, 5.41) is 19.8. The Labute approximate surface area is 165 Å². The SMILES string of the molecule is [B]OC[C@H]1O[C@@H]([B])[C@@H](O)C1OP(=O)(O)OC[C@H]1O[C@@H]([B])[C@@H](O)C1OP(C)(=O)O. The van der Waals surface area contributed by atoms with Gasteiger partial charge in [0.2, 0.25) is 0 Å². The van der Waals surface area contributed by atoms with Crippen molar-refractivity contribution < 1.29 is 56.8 Å². The van der Waals surface area contributed by atoms with Crippen molar-refractivity contribution in [3.8, 4) is 0 Å². The Morgan fingerprint density at radius 1 is 0.929 bits per heavy atom. The number of hydrogen-bond acceptors (Lipinski definition) is 10. The van der Waals surface area contributed by atoms with E-state index in [4.69, 9.17) is 46.8 Å². The number of aliphatic hydroxyl groups excluding tert-OH is 2. The summed E-state index contributed by atoms with van der Waals surface area (Å²) < 4.78 is 52.8. The number of hydrogen-bond donors (Lipinski definition) is 4. The van der Waals surface area contributed by atoms with Crippen LogP contribution in [0.15, 0.2) is 0 Å². The van der Waals surface area contributed by atoms with Gasteiger partial charge in [-0.2, -0.15) is 0 Å². The molecule has 12 nitrogen and oxygen atoms in total. The molecule has 2 rings (SSSR count). The van der Waals surface area contributed by atoms with Gasteiger partial charge in [0.15, 0.2) is 0 Å². The average Bonchev–Trinajstić information content (AvgIpc) is 2.97. The van der Waals surface area contributed by atoms with Crippen LogP contribution in [-0.2, 0) is 36.8 Å². The summed E-state index contributed by atoms with van der Waals surface area (Å²) in [5.74, 6) is 0. The quantitative estimate of drug-likeness (QED) is 0.218. The first-order chi connectivity index (χ1) is 12.8. The second-order valence-corrected chi connectivity index (χ2v) is 9.52. The molecule has 2 saturated heterocycles. The van der Waals surface area contributed by atoms with Gasteiger partial charge < -0.3 is 34.1 Å². The summed E-state index contributed by atoms with van der Waals surface area (Å²) in [6.45, 7) is -0.108. The summed E-state index contributed by atoms with van der Waals surface area (Å²) >= 11 is 0. The maximum atomic E-state index is 12.2. The molecule has 2 aliphatic rings. The number of ether oxygens (including phenoxy) is 2. The number of rotatable bonds is 9. The van der Waals surface area contributed by atoms with E-state index >= 15 is 0 Å². The van der Waals surface area contributed by atoms with Crippen molar-refractivity contribution in [3.05, 3.63) is 0 Å². The highest BCUT2D eigenvalue weighted by molar-refractivity contribution is 7.51. The fourth-order valence-electron chi connectivity index (χ4n) is 2.73. The molecule has 10 atom stereocenters. The molecule has 0 amide bonds. The minimum absolute atomic E-state index is 0.291. The maximum Gasteiger partial charge on any atom is 0.472 e. The molecule has 0 aromatic rings. The van der Waals surface area contributed by atoms with Gasteiger partial charge in [0.1, 0.15) is 52.3 Å². The number of phosphoric acid groups is 1. The fraction of sp³-hybridized carbons (Fsp3) is 1.00. The van der Waals surface area contributed by atoms with E-state index in [0.717, 1.165) is 6.66 Å². The largest absolute Gasteiger partial charge is 0.472 e. The lowest BCUT2D eigenvalue weighted by atomic mass is 9.93. The Kier molecular flexibility index (Phi) is 8.40. The van der Waals surface area contributed by atoms with E-state index in [1.54, 1.807) is 0 Å². The molecule has 0 bridgehead atoms. The highest BCUT2D eigenvalue weighted by atomic mass is 31.2. The molecule has 0 aromatic heterocycles. The molecule has 4 N–H and O–H groups in total. The number of phosphoric ester groups is 1. The fourth-order valence-corrected chi connectivity index (χ4v) is 4.41. The van der Waals surface area contributed by atoms with Crippen LogP contribution in [0.1, 0.15) is 0 Å². The van der Waals surface area contributed by atoms with Crippen molar-refractivity contribution in [2.24, 2.45) is 0 Å². The Hall–Kier alpha value is 0.255. The highest BCUT2D eigenvalue weighted by Gasteiger charge is 2.48. The van der Waals surface area contributed by atoms with E-state index < -0.39 is 70.7 Å². The van der Waals surface area contributed by atoms with Crippen molar-refractivity contribution in [1.82, 2.24) is 0 Å². The van der Waals surface area contributed by atoms with E-state index in [1.165, 1.54) is 0 Å². The van der Waals surface area contributed by atoms with E-state index in [1.807, 2.05) is 0 Å². The lowest BCUT2D eigenvalue weighted by Gasteiger charge is -2.25. The summed E-state index contributed by atoms with van der Waals surface area (Å²) in [4.78, 5) is 19.2. The molecule has 17 heteroatoms. The molecule has 0 spiro atoms. The smallest absolute Gasteiger partial charge is 0.445 e. The van der Waals surface area contributed by atoms with Crippen molar-refractivity contribution in [3.63, 3.8) is 0 Å². The van der Waals surface area contributed by atoms with Gasteiger partial charge in [0.25, 0.3) is 8.05 Å². The average molecular weight is 438 g/mol. The molecule has 6 radical (unpaired) electrons.